The van der Waals surface area contributed by atoms with Crippen molar-refractivity contribution >= 4 is 17.2 Å². The monoisotopic (exact) mass is 224 g/mol. The third kappa shape index (κ3) is 2.10. The highest BCUT2D eigenvalue weighted by Crippen LogP contribution is 2.36. The van der Waals surface area contributed by atoms with E-state index in [-0.39, 0.29) is 29.3 Å². The van der Waals surface area contributed by atoms with E-state index in [0.717, 1.165) is 0 Å². The van der Waals surface area contributed by atoms with Gasteiger partial charge in [0.1, 0.15) is 0 Å². The Hall–Kier alpha value is -2.11. The molecule has 0 spiro atoms. The van der Waals surface area contributed by atoms with E-state index in [1.54, 1.807) is 6.92 Å². The first-order valence-electron chi connectivity index (χ1n) is 4.69. The van der Waals surface area contributed by atoms with Crippen LogP contribution in [-0.4, -0.2) is 17.3 Å². The van der Waals surface area contributed by atoms with Gasteiger partial charge in [-0.1, -0.05) is 0 Å². The van der Waals surface area contributed by atoms with Gasteiger partial charge >= 0.3 is 5.69 Å². The van der Waals surface area contributed by atoms with E-state index in [0.29, 0.717) is 0 Å². The van der Waals surface area contributed by atoms with Crippen LogP contribution in [0.3, 0.4) is 0 Å². The number of ketones is 1. The van der Waals surface area contributed by atoms with Crippen LogP contribution in [0.1, 0.15) is 24.2 Å². The molecule has 1 rings (SSSR count). The molecule has 1 aromatic carbocycles. The smallest absolute Gasteiger partial charge is 0.323 e. The molecule has 0 aliphatic heterocycles. The van der Waals surface area contributed by atoms with E-state index in [1.807, 2.05) is 0 Å². The highest BCUT2D eigenvalue weighted by atomic mass is 16.6. The number of nitro groups is 1. The standard InChI is InChI=1S/C10H12N2O4/c1-3-16-10-8(11)5-4-7(6(2)13)9(10)12(14)15/h4-5H,3,11H2,1-2H3. The van der Waals surface area contributed by atoms with Crippen LogP contribution < -0.4 is 10.5 Å². The number of hydrogen-bond donors (Lipinski definition) is 1. The van der Waals surface area contributed by atoms with Crippen LogP contribution in [0.4, 0.5) is 11.4 Å². The van der Waals surface area contributed by atoms with E-state index >= 15 is 0 Å². The zero-order valence-electron chi connectivity index (χ0n) is 9.02. The summed E-state index contributed by atoms with van der Waals surface area (Å²) < 4.78 is 5.10. The molecule has 6 nitrogen and oxygen atoms in total. The fourth-order valence-electron chi connectivity index (χ4n) is 1.35. The van der Waals surface area contributed by atoms with Gasteiger partial charge in [0.15, 0.2) is 5.78 Å². The van der Waals surface area contributed by atoms with Crippen LogP contribution in [0.5, 0.6) is 5.75 Å². The maximum Gasteiger partial charge on any atom is 0.323 e. The van der Waals surface area contributed by atoms with Gasteiger partial charge in [0.2, 0.25) is 5.75 Å². The molecule has 6 heteroatoms. The molecule has 0 unspecified atom stereocenters. The number of nitro benzene ring substituents is 1. The third-order valence-corrected chi connectivity index (χ3v) is 2.01. The number of anilines is 1. The molecule has 0 fully saturated rings. The Labute approximate surface area is 92.2 Å². The van der Waals surface area contributed by atoms with Crippen molar-refractivity contribution < 1.29 is 14.5 Å². The van der Waals surface area contributed by atoms with Gasteiger partial charge in [0.25, 0.3) is 0 Å². The Kier molecular flexibility index (Phi) is 3.44. The minimum atomic E-state index is -0.655. The maximum atomic E-state index is 11.2. The molecule has 0 atom stereocenters. The molecule has 0 saturated heterocycles. The van der Waals surface area contributed by atoms with Crippen molar-refractivity contribution in [3.63, 3.8) is 0 Å². The summed E-state index contributed by atoms with van der Waals surface area (Å²) in [5.41, 5.74) is 5.36. The number of nitrogens with zero attached hydrogens (tertiary/aromatic N) is 1. The predicted molar refractivity (Wildman–Crippen MR) is 58.7 cm³/mol. The number of rotatable bonds is 4. The van der Waals surface area contributed by atoms with Crippen molar-refractivity contribution in [2.45, 2.75) is 13.8 Å². The van der Waals surface area contributed by atoms with Gasteiger partial charge in [0, 0.05) is 0 Å². The zero-order chi connectivity index (χ0) is 12.3. The highest BCUT2D eigenvalue weighted by molar-refractivity contribution is 6.00. The fourth-order valence-corrected chi connectivity index (χ4v) is 1.35. The summed E-state index contributed by atoms with van der Waals surface area (Å²) in [4.78, 5) is 21.5. The third-order valence-electron chi connectivity index (χ3n) is 2.01. The molecule has 0 bridgehead atoms. The summed E-state index contributed by atoms with van der Waals surface area (Å²) in [5.74, 6) is -0.437. The van der Waals surface area contributed by atoms with Crippen molar-refractivity contribution in [1.82, 2.24) is 0 Å². The quantitative estimate of drug-likeness (QED) is 0.364. The van der Waals surface area contributed by atoms with Crippen molar-refractivity contribution in [3.05, 3.63) is 27.8 Å². The largest absolute Gasteiger partial charge is 0.486 e. The normalized spacial score (nSPS) is 9.88. The molecule has 0 saturated carbocycles. The Balaban J connectivity index is 3.49. The van der Waals surface area contributed by atoms with E-state index in [4.69, 9.17) is 10.5 Å². The number of nitrogens with two attached hydrogens (primary N) is 1. The van der Waals surface area contributed by atoms with Gasteiger partial charge < -0.3 is 10.5 Å². The lowest BCUT2D eigenvalue weighted by Crippen LogP contribution is -2.06. The van der Waals surface area contributed by atoms with Crippen molar-refractivity contribution in [1.29, 1.82) is 0 Å². The molecule has 16 heavy (non-hydrogen) atoms. The summed E-state index contributed by atoms with van der Waals surface area (Å²) in [6.07, 6.45) is 0. The van der Waals surface area contributed by atoms with E-state index in [1.165, 1.54) is 19.1 Å². The number of Topliss-reactive ketones (excluding diaryl/α,β-unsaturated/α-hetero) is 1. The summed E-state index contributed by atoms with van der Waals surface area (Å²) >= 11 is 0. The average Bonchev–Trinajstić information content (AvgIpc) is 2.20. The van der Waals surface area contributed by atoms with Gasteiger partial charge in [-0.3, -0.25) is 14.9 Å². The number of ether oxygens (including phenoxy) is 1. The van der Waals surface area contributed by atoms with Crippen LogP contribution in [-0.2, 0) is 0 Å². The van der Waals surface area contributed by atoms with Gasteiger partial charge in [-0.15, -0.1) is 0 Å². The molecule has 2 N–H and O–H groups in total. The zero-order valence-corrected chi connectivity index (χ0v) is 9.02. The topological polar surface area (TPSA) is 95.5 Å². The molecule has 86 valence electrons. The molecule has 0 aliphatic rings. The second kappa shape index (κ2) is 4.61. The van der Waals surface area contributed by atoms with Gasteiger partial charge in [-0.25, -0.2) is 0 Å². The number of carbonyl (C=O) groups is 1. The molecule has 0 aliphatic carbocycles. The summed E-state index contributed by atoms with van der Waals surface area (Å²) in [6.45, 7) is 3.18. The van der Waals surface area contributed by atoms with Crippen LogP contribution in [0.2, 0.25) is 0 Å². The number of nitrogen functional groups attached to an aromatic ring is 1. The Morgan fingerprint density at radius 2 is 2.19 bits per heavy atom. The molecule has 1 aromatic rings. The van der Waals surface area contributed by atoms with Gasteiger partial charge in [0.05, 0.1) is 22.8 Å². The first-order valence-corrected chi connectivity index (χ1v) is 4.69. The fraction of sp³-hybridized carbons (Fsp3) is 0.300. The molecular weight excluding hydrogens is 212 g/mol. The Bertz CT molecular complexity index is 443. The SMILES string of the molecule is CCOc1c(N)ccc(C(C)=O)c1[N+](=O)[O-]. The Morgan fingerprint density at radius 3 is 2.62 bits per heavy atom. The number of hydrogen-bond acceptors (Lipinski definition) is 5. The molecule has 0 heterocycles. The maximum absolute atomic E-state index is 11.2. The highest BCUT2D eigenvalue weighted by Gasteiger charge is 2.25. The number of benzene rings is 1. The summed E-state index contributed by atoms with van der Waals surface area (Å²) in [5, 5.41) is 10.9. The lowest BCUT2D eigenvalue weighted by Gasteiger charge is -2.09. The van der Waals surface area contributed by atoms with Crippen molar-refractivity contribution in [3.8, 4) is 5.75 Å². The number of carbonyl (C=O) groups excluding carboxylic acids is 1. The van der Waals surface area contributed by atoms with Gasteiger partial charge in [-0.2, -0.15) is 0 Å². The van der Waals surface area contributed by atoms with Crippen LogP contribution in [0, 0.1) is 10.1 Å². The molecule has 0 radical (unpaired) electrons. The Morgan fingerprint density at radius 1 is 1.56 bits per heavy atom. The van der Waals surface area contributed by atoms with Crippen molar-refractivity contribution in [2.24, 2.45) is 0 Å². The summed E-state index contributed by atoms with van der Waals surface area (Å²) in [7, 11) is 0. The average molecular weight is 224 g/mol. The van der Waals surface area contributed by atoms with E-state index < -0.39 is 10.7 Å². The first kappa shape index (κ1) is 12.0. The van der Waals surface area contributed by atoms with Crippen LogP contribution in [0.15, 0.2) is 12.1 Å². The lowest BCUT2D eigenvalue weighted by molar-refractivity contribution is -0.386. The molecular formula is C10H12N2O4. The second-order valence-electron chi connectivity index (χ2n) is 3.13. The second-order valence-corrected chi connectivity index (χ2v) is 3.13. The lowest BCUT2D eigenvalue weighted by atomic mass is 10.1. The van der Waals surface area contributed by atoms with E-state index in [2.05, 4.69) is 0 Å². The molecule has 0 aromatic heterocycles. The first-order chi connectivity index (χ1) is 7.49. The van der Waals surface area contributed by atoms with E-state index in [9.17, 15) is 14.9 Å². The minimum absolute atomic E-state index is 0.00245. The minimum Gasteiger partial charge on any atom is -0.486 e. The summed E-state index contributed by atoms with van der Waals surface area (Å²) in [6, 6.07) is 2.76. The van der Waals surface area contributed by atoms with Crippen molar-refractivity contribution in [2.75, 3.05) is 12.3 Å². The van der Waals surface area contributed by atoms with Crippen LogP contribution in [0.25, 0.3) is 0 Å². The predicted octanol–water partition coefficient (Wildman–Crippen LogP) is 1.78. The van der Waals surface area contributed by atoms with Crippen LogP contribution >= 0.6 is 0 Å². The van der Waals surface area contributed by atoms with Gasteiger partial charge in [-0.05, 0) is 26.0 Å². The molecule has 0 amide bonds.